The average Bonchev–Trinajstić information content (AvgIpc) is 2.68. The van der Waals surface area contributed by atoms with Gasteiger partial charge in [0.25, 0.3) is 0 Å². The highest BCUT2D eigenvalue weighted by Crippen LogP contribution is 2.56. The van der Waals surface area contributed by atoms with Crippen LogP contribution >= 0.6 is 11.6 Å². The molecule has 1 aliphatic carbocycles. The van der Waals surface area contributed by atoms with E-state index in [1.54, 1.807) is 48.5 Å². The Morgan fingerprint density at radius 1 is 1.18 bits per heavy atom. The molecule has 1 fully saturated rings. The number of ketones is 1. The summed E-state index contributed by atoms with van der Waals surface area (Å²) in [5, 5.41) is 52.5. The van der Waals surface area contributed by atoms with E-state index in [0.717, 1.165) is 5.56 Å². The Morgan fingerprint density at radius 2 is 1.82 bits per heavy atom. The van der Waals surface area contributed by atoms with Gasteiger partial charge in [-0.05, 0) is 30.2 Å². The predicted molar refractivity (Wildman–Crippen MR) is 103 cm³/mol. The van der Waals surface area contributed by atoms with Gasteiger partial charge in [-0.25, -0.2) is 0 Å². The summed E-state index contributed by atoms with van der Waals surface area (Å²) in [6, 6.07) is 13.2. The van der Waals surface area contributed by atoms with E-state index in [0.29, 0.717) is 16.1 Å². The molecule has 0 radical (unpaired) electrons. The lowest BCUT2D eigenvalue weighted by Crippen LogP contribution is -2.82. The van der Waals surface area contributed by atoms with Crippen LogP contribution in [0.1, 0.15) is 22.6 Å². The number of benzene rings is 2. The largest absolute Gasteiger partial charge is 0.394 e. The molecule has 3 rings (SSSR count). The monoisotopic (exact) mass is 406 g/mol. The fraction of sp³-hybridized carbons (Fsp3) is 0.381. The molecule has 0 aromatic heterocycles. The summed E-state index contributed by atoms with van der Waals surface area (Å²) in [5.74, 6) is -2.04. The van der Waals surface area contributed by atoms with Crippen molar-refractivity contribution in [1.29, 1.82) is 0 Å². The average molecular weight is 407 g/mol. The van der Waals surface area contributed by atoms with Crippen LogP contribution < -0.4 is 0 Å². The number of aryl methyl sites for hydroxylation is 1. The Hall–Kier alpha value is -1.80. The third-order valence-electron chi connectivity index (χ3n) is 5.58. The Morgan fingerprint density at radius 3 is 2.39 bits per heavy atom. The smallest absolute Gasteiger partial charge is 0.172 e. The highest BCUT2D eigenvalue weighted by Gasteiger charge is 2.75. The lowest BCUT2D eigenvalue weighted by molar-refractivity contribution is -0.307. The lowest BCUT2D eigenvalue weighted by Gasteiger charge is -2.61. The van der Waals surface area contributed by atoms with Gasteiger partial charge in [0.2, 0.25) is 0 Å². The zero-order valence-electron chi connectivity index (χ0n) is 15.3. The minimum atomic E-state index is -2.33. The third kappa shape index (κ3) is 3.16. The molecule has 6 nitrogen and oxygen atoms in total. The standard InChI is InChI=1S/C21H23ClO6/c1-12-5-7-14(8-6-12)18-20(27,19(26)21(18,28)17(25)11-23)16(24)10-13-3-2-4-15(22)9-13/h2-9,17-19,23,25-28H,10-11H2,1H3/t17-,18?,19-,20-,21+/m1/s1. The molecule has 0 saturated heterocycles. The van der Waals surface area contributed by atoms with Crippen molar-refractivity contribution in [2.45, 2.75) is 42.7 Å². The normalized spacial score (nSPS) is 30.5. The first-order chi connectivity index (χ1) is 13.1. The van der Waals surface area contributed by atoms with Gasteiger partial charge in [-0.1, -0.05) is 53.6 Å². The van der Waals surface area contributed by atoms with Gasteiger partial charge in [0.05, 0.1) is 12.5 Å². The van der Waals surface area contributed by atoms with Crippen molar-refractivity contribution in [1.82, 2.24) is 0 Å². The molecule has 0 heterocycles. The summed E-state index contributed by atoms with van der Waals surface area (Å²) in [6.45, 7) is 1.01. The second kappa shape index (κ2) is 7.55. The van der Waals surface area contributed by atoms with Gasteiger partial charge in [-0.15, -0.1) is 0 Å². The van der Waals surface area contributed by atoms with Gasteiger partial charge < -0.3 is 25.5 Å². The summed E-state index contributed by atoms with van der Waals surface area (Å²) in [5.41, 5.74) is -2.78. The molecule has 150 valence electrons. The lowest BCUT2D eigenvalue weighted by atomic mass is 9.49. The maximum Gasteiger partial charge on any atom is 0.172 e. The van der Waals surface area contributed by atoms with E-state index in [-0.39, 0.29) is 6.42 Å². The zero-order valence-corrected chi connectivity index (χ0v) is 16.0. The van der Waals surface area contributed by atoms with E-state index in [9.17, 15) is 30.3 Å². The number of aliphatic hydroxyl groups is 5. The minimum absolute atomic E-state index is 0.220. The second-order valence-corrected chi connectivity index (χ2v) is 7.82. The van der Waals surface area contributed by atoms with Crippen molar-refractivity contribution < 1.29 is 30.3 Å². The molecule has 5 atom stereocenters. The van der Waals surface area contributed by atoms with Crippen molar-refractivity contribution in [3.05, 3.63) is 70.2 Å². The zero-order chi connectivity index (χ0) is 20.7. The number of hydrogen-bond acceptors (Lipinski definition) is 6. The third-order valence-corrected chi connectivity index (χ3v) is 5.81. The fourth-order valence-corrected chi connectivity index (χ4v) is 4.23. The van der Waals surface area contributed by atoms with Crippen LogP contribution in [-0.4, -0.2) is 61.3 Å². The van der Waals surface area contributed by atoms with Gasteiger partial charge in [-0.3, -0.25) is 4.79 Å². The number of halogens is 1. The van der Waals surface area contributed by atoms with Gasteiger partial charge in [0, 0.05) is 11.4 Å². The maximum atomic E-state index is 13.0. The highest BCUT2D eigenvalue weighted by atomic mass is 35.5. The first kappa shape index (κ1) is 20.9. The first-order valence-electron chi connectivity index (χ1n) is 8.91. The molecule has 28 heavy (non-hydrogen) atoms. The molecule has 2 aromatic carbocycles. The molecular weight excluding hydrogens is 384 g/mol. The van der Waals surface area contributed by atoms with Gasteiger partial charge in [0.15, 0.2) is 11.4 Å². The van der Waals surface area contributed by atoms with Gasteiger partial charge in [-0.2, -0.15) is 0 Å². The molecule has 1 unspecified atom stereocenters. The molecule has 0 bridgehead atoms. The van der Waals surface area contributed by atoms with Crippen molar-refractivity contribution in [2.24, 2.45) is 0 Å². The molecule has 0 spiro atoms. The van der Waals surface area contributed by atoms with Crippen molar-refractivity contribution >= 4 is 17.4 Å². The van der Waals surface area contributed by atoms with E-state index in [1.807, 2.05) is 6.92 Å². The topological polar surface area (TPSA) is 118 Å². The summed E-state index contributed by atoms with van der Waals surface area (Å²) in [4.78, 5) is 13.0. The van der Waals surface area contributed by atoms with Crippen LogP contribution in [0.4, 0.5) is 0 Å². The van der Waals surface area contributed by atoms with Crippen LogP contribution in [0.5, 0.6) is 0 Å². The highest BCUT2D eigenvalue weighted by molar-refractivity contribution is 6.30. The molecule has 0 amide bonds. The number of Topliss-reactive ketones (excluding diaryl/α,β-unsaturated/α-hetero) is 1. The van der Waals surface area contributed by atoms with Crippen molar-refractivity contribution in [3.63, 3.8) is 0 Å². The van der Waals surface area contributed by atoms with Crippen LogP contribution in [0.3, 0.4) is 0 Å². The van der Waals surface area contributed by atoms with Gasteiger partial charge >= 0.3 is 0 Å². The van der Waals surface area contributed by atoms with E-state index >= 15 is 0 Å². The number of aliphatic hydroxyl groups excluding tert-OH is 3. The van der Waals surface area contributed by atoms with Crippen LogP contribution in [0.15, 0.2) is 48.5 Å². The molecule has 0 aliphatic heterocycles. The molecular formula is C21H23ClO6. The maximum absolute atomic E-state index is 13.0. The van der Waals surface area contributed by atoms with Crippen LogP contribution in [0.2, 0.25) is 5.02 Å². The first-order valence-corrected chi connectivity index (χ1v) is 9.29. The van der Waals surface area contributed by atoms with Crippen molar-refractivity contribution in [3.8, 4) is 0 Å². The van der Waals surface area contributed by atoms with Gasteiger partial charge in [0.1, 0.15) is 17.8 Å². The van der Waals surface area contributed by atoms with Crippen LogP contribution in [-0.2, 0) is 11.2 Å². The number of rotatable bonds is 6. The van der Waals surface area contributed by atoms with E-state index in [1.165, 1.54) is 0 Å². The number of carbonyl (C=O) groups excluding carboxylic acids is 1. The summed E-state index contributed by atoms with van der Waals surface area (Å²) >= 11 is 5.94. The predicted octanol–water partition coefficient (Wildman–Crippen LogP) is 0.734. The Balaban J connectivity index is 2.01. The van der Waals surface area contributed by atoms with E-state index < -0.39 is 41.7 Å². The molecule has 5 N–H and O–H groups in total. The minimum Gasteiger partial charge on any atom is -0.394 e. The Labute approximate surface area is 167 Å². The SMILES string of the molecule is Cc1ccc(C2[C@@](O)([C@H](O)CO)[C@H](O)[C@@]2(O)C(=O)Cc2cccc(Cl)c2)cc1. The summed E-state index contributed by atoms with van der Waals surface area (Å²) in [6.07, 6.45) is -3.94. The Bertz CT molecular complexity index is 869. The number of hydrogen-bond donors (Lipinski definition) is 5. The molecule has 7 heteroatoms. The fourth-order valence-electron chi connectivity index (χ4n) is 4.01. The van der Waals surface area contributed by atoms with Crippen LogP contribution in [0, 0.1) is 6.92 Å². The van der Waals surface area contributed by atoms with Crippen LogP contribution in [0.25, 0.3) is 0 Å². The Kier molecular flexibility index (Phi) is 5.64. The van der Waals surface area contributed by atoms with E-state index in [4.69, 9.17) is 11.6 Å². The molecule has 1 aliphatic rings. The quantitative estimate of drug-likeness (QED) is 0.482. The summed E-state index contributed by atoms with van der Waals surface area (Å²) < 4.78 is 0. The number of carbonyl (C=O) groups is 1. The molecule has 1 saturated carbocycles. The molecule has 2 aromatic rings. The van der Waals surface area contributed by atoms with E-state index in [2.05, 4.69) is 0 Å². The second-order valence-electron chi connectivity index (χ2n) is 7.39. The summed E-state index contributed by atoms with van der Waals surface area (Å²) in [7, 11) is 0. The van der Waals surface area contributed by atoms with Crippen molar-refractivity contribution in [2.75, 3.05) is 6.61 Å².